The normalized spacial score (nSPS) is 11.6. The number of ether oxygens (including phenoxy) is 2. The number of hydrogen-bond acceptors (Lipinski definition) is 5. The Hall–Kier alpha value is -2.38. The van der Waals surface area contributed by atoms with Crippen molar-refractivity contribution in [3.05, 3.63) is 46.2 Å². The summed E-state index contributed by atoms with van der Waals surface area (Å²) in [7, 11) is 3.13. The summed E-state index contributed by atoms with van der Waals surface area (Å²) >= 11 is 1.60. The fourth-order valence-electron chi connectivity index (χ4n) is 2.05. The zero-order valence-electron chi connectivity index (χ0n) is 13.8. The average molecular weight is 348 g/mol. The van der Waals surface area contributed by atoms with Crippen molar-refractivity contribution in [3.8, 4) is 5.75 Å². The number of nitrogens with one attached hydrogen (secondary N) is 2. The van der Waals surface area contributed by atoms with E-state index in [0.717, 1.165) is 9.75 Å². The molecule has 0 saturated carbocycles. The van der Waals surface area contributed by atoms with Crippen molar-refractivity contribution in [2.75, 3.05) is 26.1 Å². The van der Waals surface area contributed by atoms with E-state index in [2.05, 4.69) is 10.6 Å². The van der Waals surface area contributed by atoms with Crippen LogP contribution in [0.4, 0.5) is 5.69 Å². The molecule has 1 atom stereocenters. The van der Waals surface area contributed by atoms with E-state index in [1.807, 2.05) is 19.1 Å². The first-order valence-corrected chi connectivity index (χ1v) is 8.17. The van der Waals surface area contributed by atoms with Gasteiger partial charge in [0.1, 0.15) is 11.9 Å². The highest BCUT2D eigenvalue weighted by molar-refractivity contribution is 7.12. The van der Waals surface area contributed by atoms with E-state index >= 15 is 0 Å². The number of benzene rings is 1. The average Bonchev–Trinajstić information content (AvgIpc) is 3.02. The monoisotopic (exact) mass is 348 g/mol. The maximum absolute atomic E-state index is 11.9. The zero-order chi connectivity index (χ0) is 17.5. The Morgan fingerprint density at radius 1 is 1.08 bits per heavy atom. The number of aryl methyl sites for hydroxylation is 1. The Balaban J connectivity index is 1.87. The molecule has 1 aromatic heterocycles. The maximum atomic E-state index is 11.9. The van der Waals surface area contributed by atoms with E-state index in [-0.39, 0.29) is 12.6 Å². The van der Waals surface area contributed by atoms with E-state index in [1.54, 1.807) is 49.8 Å². The Bertz CT molecular complexity index is 697. The molecule has 128 valence electrons. The lowest BCUT2D eigenvalue weighted by atomic mass is 10.2. The van der Waals surface area contributed by atoms with Crippen LogP contribution in [-0.4, -0.2) is 32.6 Å². The van der Waals surface area contributed by atoms with Crippen LogP contribution in [0.15, 0.2) is 36.4 Å². The summed E-state index contributed by atoms with van der Waals surface area (Å²) in [5, 5.41) is 5.12. The second kappa shape index (κ2) is 8.47. The number of carbonyl (C=O) groups excluding carboxylic acids is 2. The second-order valence-corrected chi connectivity index (χ2v) is 6.38. The van der Waals surface area contributed by atoms with Gasteiger partial charge in [0.2, 0.25) is 0 Å². The molecule has 6 nitrogen and oxygen atoms in total. The van der Waals surface area contributed by atoms with Crippen molar-refractivity contribution in [3.63, 3.8) is 0 Å². The molecule has 2 rings (SSSR count). The van der Waals surface area contributed by atoms with Crippen molar-refractivity contribution in [1.29, 1.82) is 0 Å². The molecule has 0 aliphatic heterocycles. The number of anilines is 1. The predicted octanol–water partition coefficient (Wildman–Crippen LogP) is 2.51. The second-order valence-electron chi connectivity index (χ2n) is 5.07. The van der Waals surface area contributed by atoms with Crippen LogP contribution in [0.25, 0.3) is 0 Å². The van der Waals surface area contributed by atoms with Crippen LogP contribution >= 0.6 is 11.3 Å². The first-order valence-electron chi connectivity index (χ1n) is 7.36. The maximum Gasteiger partial charge on any atom is 0.313 e. The summed E-state index contributed by atoms with van der Waals surface area (Å²) in [5.41, 5.74) is 0.521. The van der Waals surface area contributed by atoms with Gasteiger partial charge in [0, 0.05) is 29.1 Å². The molecule has 0 aliphatic carbocycles. The van der Waals surface area contributed by atoms with Gasteiger partial charge in [-0.05, 0) is 43.3 Å². The summed E-state index contributed by atoms with van der Waals surface area (Å²) in [6, 6.07) is 10.7. The van der Waals surface area contributed by atoms with Crippen molar-refractivity contribution >= 4 is 28.8 Å². The first kappa shape index (κ1) is 18.0. The van der Waals surface area contributed by atoms with Crippen LogP contribution in [0.5, 0.6) is 5.75 Å². The van der Waals surface area contributed by atoms with Crippen LogP contribution in [-0.2, 0) is 14.3 Å². The van der Waals surface area contributed by atoms with Gasteiger partial charge in [-0.25, -0.2) is 0 Å². The Morgan fingerprint density at radius 3 is 2.33 bits per heavy atom. The van der Waals surface area contributed by atoms with Gasteiger partial charge >= 0.3 is 11.8 Å². The molecule has 1 aromatic carbocycles. The molecule has 1 heterocycles. The number of rotatable bonds is 6. The highest BCUT2D eigenvalue weighted by atomic mass is 32.1. The molecule has 2 aromatic rings. The van der Waals surface area contributed by atoms with Crippen LogP contribution < -0.4 is 15.4 Å². The van der Waals surface area contributed by atoms with Gasteiger partial charge in [-0.15, -0.1) is 11.3 Å². The third kappa shape index (κ3) is 4.81. The number of methoxy groups -OCH3 is 2. The molecular formula is C17H20N2O4S. The number of hydrogen-bond donors (Lipinski definition) is 2. The lowest BCUT2D eigenvalue weighted by Crippen LogP contribution is -2.37. The minimum absolute atomic E-state index is 0.227. The number of thiophene rings is 1. The minimum atomic E-state index is -0.725. The molecule has 7 heteroatoms. The van der Waals surface area contributed by atoms with E-state index in [9.17, 15) is 9.59 Å². The van der Waals surface area contributed by atoms with E-state index in [1.165, 1.54) is 0 Å². The van der Waals surface area contributed by atoms with Gasteiger partial charge in [-0.3, -0.25) is 9.59 Å². The lowest BCUT2D eigenvalue weighted by molar-refractivity contribution is -0.136. The van der Waals surface area contributed by atoms with Crippen LogP contribution in [0, 0.1) is 6.92 Å². The van der Waals surface area contributed by atoms with Gasteiger partial charge in [0.15, 0.2) is 0 Å². The summed E-state index contributed by atoms with van der Waals surface area (Å²) in [6.45, 7) is 2.23. The van der Waals surface area contributed by atoms with Gasteiger partial charge in [0.05, 0.1) is 7.11 Å². The zero-order valence-corrected chi connectivity index (χ0v) is 14.6. The third-order valence-electron chi connectivity index (χ3n) is 3.37. The molecule has 2 amide bonds. The Labute approximate surface area is 144 Å². The smallest absolute Gasteiger partial charge is 0.313 e. The molecule has 0 radical (unpaired) electrons. The Morgan fingerprint density at radius 2 is 1.79 bits per heavy atom. The summed E-state index contributed by atoms with van der Waals surface area (Å²) in [4.78, 5) is 26.0. The third-order valence-corrected chi connectivity index (χ3v) is 4.46. The molecule has 0 aliphatic rings. The van der Waals surface area contributed by atoms with Crippen molar-refractivity contribution < 1.29 is 19.1 Å². The molecular weight excluding hydrogens is 328 g/mol. The first-order chi connectivity index (χ1) is 11.5. The van der Waals surface area contributed by atoms with E-state index < -0.39 is 11.8 Å². The molecule has 0 unspecified atom stereocenters. The van der Waals surface area contributed by atoms with E-state index in [0.29, 0.717) is 11.4 Å². The highest BCUT2D eigenvalue weighted by Gasteiger charge is 2.18. The Kier molecular flexibility index (Phi) is 6.34. The summed E-state index contributed by atoms with van der Waals surface area (Å²) in [5.74, 6) is -0.759. The largest absolute Gasteiger partial charge is 0.497 e. The van der Waals surface area contributed by atoms with Gasteiger partial charge < -0.3 is 20.1 Å². The molecule has 0 saturated heterocycles. The molecule has 24 heavy (non-hydrogen) atoms. The van der Waals surface area contributed by atoms with Crippen molar-refractivity contribution in [2.24, 2.45) is 0 Å². The topological polar surface area (TPSA) is 76.7 Å². The minimum Gasteiger partial charge on any atom is -0.497 e. The molecule has 0 fully saturated rings. The van der Waals surface area contributed by atoms with E-state index in [4.69, 9.17) is 9.47 Å². The highest BCUT2D eigenvalue weighted by Crippen LogP contribution is 2.24. The fourth-order valence-corrected chi connectivity index (χ4v) is 3.01. The van der Waals surface area contributed by atoms with Crippen molar-refractivity contribution in [1.82, 2.24) is 5.32 Å². The fraction of sp³-hybridized carbons (Fsp3) is 0.294. The van der Waals surface area contributed by atoms with Gasteiger partial charge in [0.25, 0.3) is 0 Å². The number of carbonyl (C=O) groups is 2. The SMILES string of the molecule is COc1ccc(NC(=O)C(=O)NC[C@@H](OC)c2ccc(C)s2)cc1. The molecule has 2 N–H and O–H groups in total. The van der Waals surface area contributed by atoms with Crippen LogP contribution in [0.2, 0.25) is 0 Å². The molecule has 0 bridgehead atoms. The van der Waals surface area contributed by atoms with Gasteiger partial charge in [-0.1, -0.05) is 0 Å². The van der Waals surface area contributed by atoms with Crippen LogP contribution in [0.1, 0.15) is 15.9 Å². The summed E-state index contributed by atoms with van der Waals surface area (Å²) < 4.78 is 10.4. The van der Waals surface area contributed by atoms with Crippen molar-refractivity contribution in [2.45, 2.75) is 13.0 Å². The number of amides is 2. The predicted molar refractivity (Wildman–Crippen MR) is 93.4 cm³/mol. The standard InChI is InChI=1S/C17H20N2O4S/c1-11-4-9-15(24-11)14(23-3)10-18-16(20)17(21)19-12-5-7-13(22-2)8-6-12/h4-9,14H,10H2,1-3H3,(H,18,20)(H,19,21)/t14-/m1/s1. The van der Waals surface area contributed by atoms with Crippen LogP contribution in [0.3, 0.4) is 0 Å². The molecule has 0 spiro atoms. The quantitative estimate of drug-likeness (QED) is 0.787. The summed E-state index contributed by atoms with van der Waals surface area (Å²) in [6.07, 6.45) is -0.276. The van der Waals surface area contributed by atoms with Gasteiger partial charge in [-0.2, -0.15) is 0 Å². The lowest BCUT2D eigenvalue weighted by Gasteiger charge is -2.14.